The Morgan fingerprint density at radius 1 is 1.36 bits per heavy atom. The van der Waals surface area contributed by atoms with Crippen molar-refractivity contribution in [3.05, 3.63) is 47.4 Å². The van der Waals surface area contributed by atoms with E-state index < -0.39 is 0 Å². The van der Waals surface area contributed by atoms with Gasteiger partial charge < -0.3 is 0 Å². The Labute approximate surface area is 86.7 Å². The molecule has 0 saturated carbocycles. The molecule has 0 amide bonds. The maximum atomic E-state index is 11.7. The molecule has 0 unspecified atom stereocenters. The molecule has 0 atom stereocenters. The summed E-state index contributed by atoms with van der Waals surface area (Å²) in [5.41, 5.74) is 0.801. The van der Waals surface area contributed by atoms with E-state index in [0.717, 1.165) is 15.6 Å². The lowest BCUT2D eigenvalue weighted by molar-refractivity contribution is 0.104. The molecule has 0 aliphatic carbocycles. The molecule has 2 rings (SSSR count). The summed E-state index contributed by atoms with van der Waals surface area (Å²) in [7, 11) is 0. The molecule has 1 aromatic carbocycles. The number of fused-ring (bicyclic) bond motifs is 1. The first-order valence-electron chi connectivity index (χ1n) is 4.46. The largest absolute Gasteiger partial charge is 0.289 e. The first-order valence-corrected chi connectivity index (χ1v) is 5.34. The van der Waals surface area contributed by atoms with Crippen molar-refractivity contribution in [3.8, 4) is 0 Å². The van der Waals surface area contributed by atoms with Crippen LogP contribution >= 0.6 is 11.3 Å². The molecule has 2 heteroatoms. The minimum atomic E-state index is 0.0838. The number of ketones is 1. The second-order valence-corrected chi connectivity index (χ2v) is 3.92. The van der Waals surface area contributed by atoms with Crippen LogP contribution in [0, 0.1) is 0 Å². The third kappa shape index (κ3) is 1.49. The highest BCUT2D eigenvalue weighted by atomic mass is 32.1. The maximum absolute atomic E-state index is 11.7. The molecule has 14 heavy (non-hydrogen) atoms. The van der Waals surface area contributed by atoms with Crippen LogP contribution in [-0.2, 0) is 0 Å². The highest BCUT2D eigenvalue weighted by molar-refractivity contribution is 7.17. The third-order valence-electron chi connectivity index (χ3n) is 2.06. The molecule has 0 aliphatic rings. The number of benzene rings is 1. The summed E-state index contributed by atoms with van der Waals surface area (Å²) in [4.78, 5) is 11.7. The van der Waals surface area contributed by atoms with E-state index in [-0.39, 0.29) is 5.78 Å². The van der Waals surface area contributed by atoms with Crippen molar-refractivity contribution in [2.45, 2.75) is 6.92 Å². The van der Waals surface area contributed by atoms with Gasteiger partial charge in [-0.1, -0.05) is 18.2 Å². The van der Waals surface area contributed by atoms with E-state index in [4.69, 9.17) is 0 Å². The van der Waals surface area contributed by atoms with Crippen molar-refractivity contribution in [1.82, 2.24) is 0 Å². The summed E-state index contributed by atoms with van der Waals surface area (Å²) in [5, 5.41) is 3.15. The van der Waals surface area contributed by atoms with Crippen molar-refractivity contribution >= 4 is 27.2 Å². The Bertz CT molecular complexity index is 494. The molecule has 0 bridgehead atoms. The molecule has 70 valence electrons. The number of thiophene rings is 1. The summed E-state index contributed by atoms with van der Waals surface area (Å²) in [6.07, 6.45) is 3.38. The van der Waals surface area contributed by atoms with Gasteiger partial charge in [-0.15, -0.1) is 11.3 Å². The van der Waals surface area contributed by atoms with Crippen LogP contribution in [0.15, 0.2) is 41.8 Å². The average Bonchev–Trinajstić information content (AvgIpc) is 2.65. The van der Waals surface area contributed by atoms with Crippen LogP contribution in [0.3, 0.4) is 0 Å². The molecule has 0 N–H and O–H groups in total. The molecule has 1 nitrogen and oxygen atoms in total. The molecule has 0 aliphatic heterocycles. The first kappa shape index (κ1) is 9.16. The van der Waals surface area contributed by atoms with Gasteiger partial charge in [-0.2, -0.15) is 0 Å². The van der Waals surface area contributed by atoms with Crippen LogP contribution in [0.2, 0.25) is 0 Å². The van der Waals surface area contributed by atoms with Gasteiger partial charge >= 0.3 is 0 Å². The molecule has 1 heterocycles. The van der Waals surface area contributed by atoms with Crippen molar-refractivity contribution < 1.29 is 4.79 Å². The fourth-order valence-corrected chi connectivity index (χ4v) is 2.35. The minimum absolute atomic E-state index is 0.0838. The Hall–Kier alpha value is -1.41. The smallest absolute Gasteiger partial charge is 0.186 e. The van der Waals surface area contributed by atoms with Crippen LogP contribution in [0.25, 0.3) is 10.1 Å². The van der Waals surface area contributed by atoms with Crippen LogP contribution in [0.1, 0.15) is 17.3 Å². The predicted octanol–water partition coefficient (Wildman–Crippen LogP) is 3.66. The van der Waals surface area contributed by atoms with Gasteiger partial charge in [0.1, 0.15) is 0 Å². The van der Waals surface area contributed by atoms with E-state index in [1.165, 1.54) is 0 Å². The van der Waals surface area contributed by atoms with Crippen LogP contribution in [-0.4, -0.2) is 5.78 Å². The third-order valence-corrected chi connectivity index (χ3v) is 3.03. The van der Waals surface area contributed by atoms with Gasteiger partial charge in [0.15, 0.2) is 5.78 Å². The number of allylic oxidation sites excluding steroid dienone is 2. The van der Waals surface area contributed by atoms with Gasteiger partial charge in [0, 0.05) is 10.3 Å². The van der Waals surface area contributed by atoms with Gasteiger partial charge in [0.2, 0.25) is 0 Å². The molecule has 0 fully saturated rings. The number of hydrogen-bond acceptors (Lipinski definition) is 2. The summed E-state index contributed by atoms with van der Waals surface area (Å²) >= 11 is 1.61. The number of hydrogen-bond donors (Lipinski definition) is 0. The van der Waals surface area contributed by atoms with Gasteiger partial charge in [0.05, 0.1) is 0 Å². The monoisotopic (exact) mass is 202 g/mol. The summed E-state index contributed by atoms with van der Waals surface area (Å²) in [6, 6.07) is 7.86. The van der Waals surface area contributed by atoms with Crippen LogP contribution in [0.5, 0.6) is 0 Å². The minimum Gasteiger partial charge on any atom is -0.289 e. The summed E-state index contributed by atoms with van der Waals surface area (Å²) < 4.78 is 1.08. The number of rotatable bonds is 2. The topological polar surface area (TPSA) is 17.1 Å². The van der Waals surface area contributed by atoms with Crippen molar-refractivity contribution in [2.75, 3.05) is 0 Å². The lowest BCUT2D eigenvalue weighted by atomic mass is 10.1. The standard InChI is InChI=1S/C12H10OS/c1-2-4-11(13)10-6-3-5-9-7-8-14-12(9)10/h2-8H,1H3/b4-2+. The highest BCUT2D eigenvalue weighted by Gasteiger charge is 2.06. The normalized spacial score (nSPS) is 11.2. The summed E-state index contributed by atoms with van der Waals surface area (Å²) in [5.74, 6) is 0.0838. The SMILES string of the molecule is C/C=C/C(=O)c1cccc2ccsc12. The molecule has 0 saturated heterocycles. The second kappa shape index (κ2) is 3.76. The molecule has 0 spiro atoms. The molecule has 2 aromatic rings. The lowest BCUT2D eigenvalue weighted by Gasteiger charge is -1.97. The fourth-order valence-electron chi connectivity index (χ4n) is 1.43. The summed E-state index contributed by atoms with van der Waals surface area (Å²) in [6.45, 7) is 1.85. The Kier molecular flexibility index (Phi) is 2.46. The van der Waals surface area contributed by atoms with Gasteiger partial charge in [-0.05, 0) is 35.9 Å². The van der Waals surface area contributed by atoms with Gasteiger partial charge in [-0.25, -0.2) is 0 Å². The number of carbonyl (C=O) groups excluding carboxylic acids is 1. The van der Waals surface area contributed by atoms with Gasteiger partial charge in [0.25, 0.3) is 0 Å². The lowest BCUT2D eigenvalue weighted by Crippen LogP contribution is -1.93. The van der Waals surface area contributed by atoms with Gasteiger partial charge in [-0.3, -0.25) is 4.79 Å². The molecular weight excluding hydrogens is 192 g/mol. The predicted molar refractivity (Wildman–Crippen MR) is 61.0 cm³/mol. The van der Waals surface area contributed by atoms with Crippen molar-refractivity contribution in [3.63, 3.8) is 0 Å². The fraction of sp³-hybridized carbons (Fsp3) is 0.0833. The quantitative estimate of drug-likeness (QED) is 0.536. The van der Waals surface area contributed by atoms with E-state index in [0.29, 0.717) is 0 Å². The first-order chi connectivity index (χ1) is 6.83. The Morgan fingerprint density at radius 2 is 2.21 bits per heavy atom. The van der Waals surface area contributed by atoms with Crippen molar-refractivity contribution in [1.29, 1.82) is 0 Å². The Morgan fingerprint density at radius 3 is 3.00 bits per heavy atom. The van der Waals surface area contributed by atoms with E-state index in [1.54, 1.807) is 23.5 Å². The molecule has 0 radical (unpaired) electrons. The van der Waals surface area contributed by atoms with E-state index >= 15 is 0 Å². The average molecular weight is 202 g/mol. The second-order valence-electron chi connectivity index (χ2n) is 3.01. The van der Waals surface area contributed by atoms with E-state index in [1.807, 2.05) is 36.6 Å². The van der Waals surface area contributed by atoms with E-state index in [2.05, 4.69) is 0 Å². The zero-order valence-corrected chi connectivity index (χ0v) is 8.67. The zero-order valence-electron chi connectivity index (χ0n) is 7.86. The van der Waals surface area contributed by atoms with Crippen LogP contribution < -0.4 is 0 Å². The van der Waals surface area contributed by atoms with Crippen molar-refractivity contribution in [2.24, 2.45) is 0 Å². The maximum Gasteiger partial charge on any atom is 0.186 e. The number of carbonyl (C=O) groups is 1. The Balaban J connectivity index is 2.61. The molecule has 1 aromatic heterocycles. The van der Waals surface area contributed by atoms with E-state index in [9.17, 15) is 4.79 Å². The van der Waals surface area contributed by atoms with Crippen LogP contribution in [0.4, 0.5) is 0 Å². The zero-order chi connectivity index (χ0) is 9.97. The molecular formula is C12H10OS. The highest BCUT2D eigenvalue weighted by Crippen LogP contribution is 2.25.